The van der Waals surface area contributed by atoms with Gasteiger partial charge in [-0.15, -0.1) is 0 Å². The molecule has 1 fully saturated rings. The first kappa shape index (κ1) is 28.1. The average Bonchev–Trinajstić information content (AvgIpc) is 3.38. The maximum absolute atomic E-state index is 13.3. The van der Waals surface area contributed by atoms with Crippen LogP contribution in [0.1, 0.15) is 32.3 Å². The summed E-state index contributed by atoms with van der Waals surface area (Å²) in [7, 11) is 0. The zero-order valence-corrected chi connectivity index (χ0v) is 20.7. The van der Waals surface area contributed by atoms with E-state index in [-0.39, 0.29) is 56.2 Å². The van der Waals surface area contributed by atoms with Crippen molar-refractivity contribution in [1.29, 1.82) is 0 Å². The van der Waals surface area contributed by atoms with E-state index in [0.29, 0.717) is 37.2 Å². The lowest BCUT2D eigenvalue weighted by molar-refractivity contribution is -0.147. The Labute approximate surface area is 205 Å². The second-order valence-electron chi connectivity index (χ2n) is 7.51. The summed E-state index contributed by atoms with van der Waals surface area (Å²) in [6.45, 7) is 4.46. The van der Waals surface area contributed by atoms with Crippen molar-refractivity contribution in [2.75, 3.05) is 13.1 Å². The Balaban J connectivity index is 0.00000256. The van der Waals surface area contributed by atoms with Gasteiger partial charge in [0.1, 0.15) is 11.6 Å². The van der Waals surface area contributed by atoms with Crippen LogP contribution in [0.2, 0.25) is 5.02 Å². The average molecular weight is 503 g/mol. The third kappa shape index (κ3) is 6.32. The highest BCUT2D eigenvalue weighted by atomic mass is 35.5. The van der Waals surface area contributed by atoms with Crippen molar-refractivity contribution >= 4 is 56.2 Å². The number of hydrogen-bond donors (Lipinski definition) is 1. The van der Waals surface area contributed by atoms with E-state index in [9.17, 15) is 18.8 Å². The van der Waals surface area contributed by atoms with Crippen molar-refractivity contribution in [2.24, 2.45) is 16.1 Å². The molecule has 0 bridgehead atoms. The van der Waals surface area contributed by atoms with Crippen LogP contribution in [0, 0.1) is 11.7 Å². The molecule has 2 heterocycles. The molecule has 0 aromatic heterocycles. The number of nitrogens with zero attached hydrogens (tertiary/aromatic N) is 3. The molecule has 3 atom stereocenters. The molecule has 2 aliphatic rings. The van der Waals surface area contributed by atoms with Gasteiger partial charge in [0.25, 0.3) is 0 Å². The molecule has 3 rings (SSSR count). The molecule has 0 spiro atoms. The van der Waals surface area contributed by atoms with E-state index in [4.69, 9.17) is 11.6 Å². The highest BCUT2D eigenvalue weighted by Gasteiger charge is 2.40. The standard InChI is InChI=1S/C21H24ClFN4O3.2H2S/c1-3-17(18-6-8-24-26-18)25-20(29)21(30)27-9-7-14(12(27)2)19(28)11-13-4-5-16(23)15(22)10-13;;/h4-6,10,12,14,17H,3,7-9,11H2,1-2H3,(H,25,29);2*1H2/t12-,14-,17+;;/m0../s1. The second-order valence-corrected chi connectivity index (χ2v) is 7.92. The van der Waals surface area contributed by atoms with Crippen molar-refractivity contribution in [2.45, 2.75) is 45.2 Å². The normalized spacial score (nSPS) is 20.1. The highest BCUT2D eigenvalue weighted by Crippen LogP contribution is 2.27. The van der Waals surface area contributed by atoms with Crippen LogP contribution in [0.3, 0.4) is 0 Å². The molecule has 176 valence electrons. The fourth-order valence-corrected chi connectivity index (χ4v) is 4.09. The molecule has 0 radical (unpaired) electrons. The van der Waals surface area contributed by atoms with Crippen LogP contribution in [0.4, 0.5) is 4.39 Å². The van der Waals surface area contributed by atoms with Gasteiger partial charge in [-0.2, -0.15) is 37.2 Å². The zero-order chi connectivity index (χ0) is 21.8. The fraction of sp³-hybridized carbons (Fsp3) is 0.476. The van der Waals surface area contributed by atoms with Crippen LogP contribution in [0.5, 0.6) is 0 Å². The van der Waals surface area contributed by atoms with Gasteiger partial charge in [0, 0.05) is 24.9 Å². The van der Waals surface area contributed by atoms with E-state index in [0.717, 1.165) is 0 Å². The summed E-state index contributed by atoms with van der Waals surface area (Å²) in [6, 6.07) is 3.41. The summed E-state index contributed by atoms with van der Waals surface area (Å²) in [5.74, 6) is -2.36. The molecule has 0 unspecified atom stereocenters. The Morgan fingerprint density at radius 1 is 1.31 bits per heavy atom. The number of ketones is 1. The lowest BCUT2D eigenvalue weighted by atomic mass is 9.92. The molecule has 2 amide bonds. The van der Waals surface area contributed by atoms with Gasteiger partial charge in [-0.25, -0.2) is 4.39 Å². The largest absolute Gasteiger partial charge is 0.339 e. The van der Waals surface area contributed by atoms with E-state index in [1.54, 1.807) is 6.92 Å². The molecule has 1 aromatic rings. The minimum atomic E-state index is -0.713. The van der Waals surface area contributed by atoms with E-state index in [1.165, 1.54) is 23.1 Å². The van der Waals surface area contributed by atoms with Crippen LogP contribution < -0.4 is 5.32 Å². The lowest BCUT2D eigenvalue weighted by Gasteiger charge is -2.25. The second kappa shape index (κ2) is 12.4. The van der Waals surface area contributed by atoms with E-state index in [2.05, 4.69) is 15.5 Å². The van der Waals surface area contributed by atoms with Crippen LogP contribution in [0.25, 0.3) is 0 Å². The Kier molecular flexibility index (Phi) is 10.9. The molecule has 32 heavy (non-hydrogen) atoms. The SMILES string of the molecule is CC[C@@H](NC(=O)C(=O)N1CC[C@H](C(=O)Cc2ccc(F)c(Cl)c2)[C@@H]1C)C1=CCN=N1.S.S. The summed E-state index contributed by atoms with van der Waals surface area (Å²) in [5.41, 5.74) is 1.27. The Bertz CT molecular complexity index is 928. The topological polar surface area (TPSA) is 91.2 Å². The summed E-state index contributed by atoms with van der Waals surface area (Å²) in [5, 5.41) is 10.5. The number of Topliss-reactive ketones (excluding diaryl/α,β-unsaturated/α-hetero) is 1. The lowest BCUT2D eigenvalue weighted by Crippen LogP contribution is -2.48. The number of azo groups is 1. The molecular formula is C21H28ClFN4O3S2. The van der Waals surface area contributed by atoms with Gasteiger partial charge in [-0.3, -0.25) is 14.4 Å². The predicted molar refractivity (Wildman–Crippen MR) is 130 cm³/mol. The minimum Gasteiger partial charge on any atom is -0.339 e. The Morgan fingerprint density at radius 3 is 2.62 bits per heavy atom. The maximum Gasteiger partial charge on any atom is 0.312 e. The molecule has 1 saturated heterocycles. The van der Waals surface area contributed by atoms with Gasteiger partial charge >= 0.3 is 11.8 Å². The van der Waals surface area contributed by atoms with Gasteiger partial charge < -0.3 is 10.2 Å². The van der Waals surface area contributed by atoms with Crippen LogP contribution in [-0.2, 0) is 20.8 Å². The van der Waals surface area contributed by atoms with Gasteiger partial charge in [0.15, 0.2) is 0 Å². The van der Waals surface area contributed by atoms with Crippen molar-refractivity contribution in [3.05, 3.63) is 46.4 Å². The van der Waals surface area contributed by atoms with Gasteiger partial charge in [-0.05, 0) is 43.5 Å². The number of carbonyl (C=O) groups is 3. The van der Waals surface area contributed by atoms with Crippen molar-refractivity contribution in [3.8, 4) is 0 Å². The number of likely N-dealkylation sites (tertiary alicyclic amines) is 1. The predicted octanol–water partition coefficient (Wildman–Crippen LogP) is 3.30. The number of halogens is 2. The quantitative estimate of drug-likeness (QED) is 0.605. The Morgan fingerprint density at radius 2 is 2.03 bits per heavy atom. The number of rotatable bonds is 6. The molecule has 0 aliphatic carbocycles. The third-order valence-electron chi connectivity index (χ3n) is 5.62. The Hall–Kier alpha value is -1.91. The van der Waals surface area contributed by atoms with Crippen molar-refractivity contribution < 1.29 is 18.8 Å². The van der Waals surface area contributed by atoms with E-state index >= 15 is 0 Å². The number of hydrogen-bond acceptors (Lipinski definition) is 5. The molecule has 0 saturated carbocycles. The van der Waals surface area contributed by atoms with Crippen LogP contribution in [-0.4, -0.2) is 47.7 Å². The number of carbonyl (C=O) groups excluding carboxylic acids is 3. The summed E-state index contributed by atoms with van der Waals surface area (Å²) in [4.78, 5) is 39.4. The van der Waals surface area contributed by atoms with Gasteiger partial charge in [0.2, 0.25) is 0 Å². The molecule has 11 heteroatoms. The van der Waals surface area contributed by atoms with E-state index in [1.807, 2.05) is 13.0 Å². The van der Waals surface area contributed by atoms with E-state index < -0.39 is 23.7 Å². The third-order valence-corrected chi connectivity index (χ3v) is 5.91. The van der Waals surface area contributed by atoms with Crippen LogP contribution >= 0.6 is 38.6 Å². The summed E-state index contributed by atoms with van der Waals surface area (Å²) in [6.07, 6.45) is 2.97. The molecule has 1 N–H and O–H groups in total. The molecule has 7 nitrogen and oxygen atoms in total. The molecular weight excluding hydrogens is 475 g/mol. The monoisotopic (exact) mass is 502 g/mol. The van der Waals surface area contributed by atoms with Gasteiger partial charge in [-0.1, -0.05) is 24.6 Å². The summed E-state index contributed by atoms with van der Waals surface area (Å²) >= 11 is 5.79. The molecule has 2 aliphatic heterocycles. The number of benzene rings is 1. The first-order chi connectivity index (χ1) is 14.3. The minimum absolute atomic E-state index is 0. The van der Waals surface area contributed by atoms with Gasteiger partial charge in [0.05, 0.1) is 23.3 Å². The van der Waals surface area contributed by atoms with Crippen molar-refractivity contribution in [3.63, 3.8) is 0 Å². The summed E-state index contributed by atoms with van der Waals surface area (Å²) < 4.78 is 13.3. The zero-order valence-electron chi connectivity index (χ0n) is 17.9. The fourth-order valence-electron chi connectivity index (χ4n) is 3.88. The van der Waals surface area contributed by atoms with Crippen LogP contribution in [0.15, 0.2) is 40.2 Å². The number of nitrogens with one attached hydrogen (secondary N) is 1. The highest BCUT2D eigenvalue weighted by molar-refractivity contribution is 7.59. The maximum atomic E-state index is 13.3. The number of amides is 2. The smallest absolute Gasteiger partial charge is 0.312 e. The van der Waals surface area contributed by atoms with Crippen molar-refractivity contribution in [1.82, 2.24) is 10.2 Å². The first-order valence-corrected chi connectivity index (χ1v) is 10.3. The first-order valence-electron chi connectivity index (χ1n) is 9.97. The molecule has 1 aromatic carbocycles.